The van der Waals surface area contributed by atoms with E-state index in [4.69, 9.17) is 4.74 Å². The minimum atomic E-state index is -0.440. The molecule has 2 heterocycles. The van der Waals surface area contributed by atoms with E-state index in [1.165, 1.54) is 12.3 Å². The molecule has 0 bridgehead atoms. The third kappa shape index (κ3) is 2.02. The van der Waals surface area contributed by atoms with Gasteiger partial charge in [-0.1, -0.05) is 0 Å². The summed E-state index contributed by atoms with van der Waals surface area (Å²) in [7, 11) is 0. The summed E-state index contributed by atoms with van der Waals surface area (Å²) in [6.07, 6.45) is 1.47. The molecule has 13 heavy (non-hydrogen) atoms. The minimum Gasteiger partial charge on any atom is -0.378 e. The first kappa shape index (κ1) is 8.59. The van der Waals surface area contributed by atoms with Crippen LogP contribution >= 0.6 is 0 Å². The molecular weight excluding hydrogens is 171 g/mol. The lowest BCUT2D eigenvalue weighted by atomic mass is 10.1. The SMILES string of the molecule is Fc1cc(C2COCCN2)ccn1. The zero-order chi connectivity index (χ0) is 9.10. The maximum Gasteiger partial charge on any atom is 0.213 e. The van der Waals surface area contributed by atoms with Crippen molar-refractivity contribution in [3.05, 3.63) is 29.8 Å². The van der Waals surface area contributed by atoms with Gasteiger partial charge in [-0.2, -0.15) is 4.39 Å². The highest BCUT2D eigenvalue weighted by atomic mass is 19.1. The van der Waals surface area contributed by atoms with E-state index in [0.29, 0.717) is 6.61 Å². The normalized spacial score (nSPS) is 23.0. The lowest BCUT2D eigenvalue weighted by molar-refractivity contribution is 0.0767. The van der Waals surface area contributed by atoms with Crippen LogP contribution in [-0.4, -0.2) is 24.7 Å². The number of morpholine rings is 1. The fourth-order valence-corrected chi connectivity index (χ4v) is 1.41. The molecule has 0 saturated carbocycles. The topological polar surface area (TPSA) is 34.1 Å². The summed E-state index contributed by atoms with van der Waals surface area (Å²) in [5.74, 6) is -0.440. The number of hydrogen-bond acceptors (Lipinski definition) is 3. The monoisotopic (exact) mass is 182 g/mol. The number of halogens is 1. The van der Waals surface area contributed by atoms with Crippen LogP contribution in [0.5, 0.6) is 0 Å². The van der Waals surface area contributed by atoms with Crippen molar-refractivity contribution in [3.8, 4) is 0 Å². The molecule has 1 aliphatic heterocycles. The van der Waals surface area contributed by atoms with Crippen LogP contribution in [0.15, 0.2) is 18.3 Å². The fourth-order valence-electron chi connectivity index (χ4n) is 1.41. The molecule has 1 aromatic rings. The largest absolute Gasteiger partial charge is 0.378 e. The second-order valence-corrected chi connectivity index (χ2v) is 2.99. The number of nitrogens with one attached hydrogen (secondary N) is 1. The Morgan fingerprint density at radius 3 is 3.23 bits per heavy atom. The van der Waals surface area contributed by atoms with E-state index in [9.17, 15) is 4.39 Å². The van der Waals surface area contributed by atoms with Gasteiger partial charge in [-0.05, 0) is 17.7 Å². The molecule has 4 heteroatoms. The molecule has 0 amide bonds. The van der Waals surface area contributed by atoms with Gasteiger partial charge in [-0.3, -0.25) is 0 Å². The van der Waals surface area contributed by atoms with Crippen LogP contribution in [0.2, 0.25) is 0 Å². The summed E-state index contributed by atoms with van der Waals surface area (Å²) in [5.41, 5.74) is 0.896. The Labute approximate surface area is 75.9 Å². The molecule has 70 valence electrons. The summed E-state index contributed by atoms with van der Waals surface area (Å²) in [4.78, 5) is 3.50. The molecule has 3 nitrogen and oxygen atoms in total. The number of aromatic nitrogens is 1. The summed E-state index contributed by atoms with van der Waals surface area (Å²) < 4.78 is 18.0. The highest BCUT2D eigenvalue weighted by Crippen LogP contribution is 2.15. The zero-order valence-electron chi connectivity index (χ0n) is 7.16. The van der Waals surface area contributed by atoms with Crippen molar-refractivity contribution in [2.75, 3.05) is 19.8 Å². The molecule has 1 aliphatic rings. The van der Waals surface area contributed by atoms with Gasteiger partial charge < -0.3 is 10.1 Å². The number of ether oxygens (including phenoxy) is 1. The van der Waals surface area contributed by atoms with Crippen LogP contribution in [0.3, 0.4) is 0 Å². The third-order valence-electron chi connectivity index (χ3n) is 2.07. The van der Waals surface area contributed by atoms with E-state index in [-0.39, 0.29) is 6.04 Å². The lowest BCUT2D eigenvalue weighted by Gasteiger charge is -2.23. The fraction of sp³-hybridized carbons (Fsp3) is 0.444. The molecule has 0 radical (unpaired) electrons. The standard InChI is InChI=1S/C9H11FN2O/c10-9-5-7(1-2-12-9)8-6-13-4-3-11-8/h1-2,5,8,11H,3-4,6H2. The van der Waals surface area contributed by atoms with Crippen molar-refractivity contribution < 1.29 is 9.13 Å². The van der Waals surface area contributed by atoms with Gasteiger partial charge >= 0.3 is 0 Å². The molecule has 1 saturated heterocycles. The van der Waals surface area contributed by atoms with E-state index in [1.54, 1.807) is 6.07 Å². The summed E-state index contributed by atoms with van der Waals surface area (Å²) in [6, 6.07) is 3.34. The van der Waals surface area contributed by atoms with Gasteiger partial charge in [-0.25, -0.2) is 4.98 Å². The Morgan fingerprint density at radius 1 is 1.62 bits per heavy atom. The van der Waals surface area contributed by atoms with Crippen molar-refractivity contribution in [2.45, 2.75) is 6.04 Å². The second kappa shape index (κ2) is 3.81. The van der Waals surface area contributed by atoms with Crippen LogP contribution in [0.25, 0.3) is 0 Å². The van der Waals surface area contributed by atoms with Gasteiger partial charge in [-0.15, -0.1) is 0 Å². The third-order valence-corrected chi connectivity index (χ3v) is 2.07. The van der Waals surface area contributed by atoms with Gasteiger partial charge in [0.05, 0.1) is 19.3 Å². The first-order valence-electron chi connectivity index (χ1n) is 4.29. The molecule has 1 N–H and O–H groups in total. The van der Waals surface area contributed by atoms with Crippen LogP contribution in [-0.2, 0) is 4.74 Å². The van der Waals surface area contributed by atoms with Crippen molar-refractivity contribution >= 4 is 0 Å². The first-order valence-corrected chi connectivity index (χ1v) is 4.29. The first-order chi connectivity index (χ1) is 6.36. The van der Waals surface area contributed by atoms with E-state index in [2.05, 4.69) is 10.3 Å². The highest BCUT2D eigenvalue weighted by Gasteiger charge is 2.15. The molecular formula is C9H11FN2O. The summed E-state index contributed by atoms with van der Waals surface area (Å²) >= 11 is 0. The van der Waals surface area contributed by atoms with Gasteiger partial charge in [0.25, 0.3) is 0 Å². The molecule has 2 rings (SSSR count). The molecule has 1 aromatic heterocycles. The summed E-state index contributed by atoms with van der Waals surface area (Å²) in [5, 5.41) is 3.24. The van der Waals surface area contributed by atoms with Gasteiger partial charge in [0.15, 0.2) is 0 Å². The quantitative estimate of drug-likeness (QED) is 0.655. The molecule has 0 aromatic carbocycles. The number of hydrogen-bond donors (Lipinski definition) is 1. The van der Waals surface area contributed by atoms with Gasteiger partial charge in [0.1, 0.15) is 0 Å². The number of rotatable bonds is 1. The van der Waals surface area contributed by atoms with Crippen molar-refractivity contribution in [2.24, 2.45) is 0 Å². The predicted molar refractivity (Wildman–Crippen MR) is 45.8 cm³/mol. The highest BCUT2D eigenvalue weighted by molar-refractivity contribution is 5.16. The molecule has 0 spiro atoms. The molecule has 0 aliphatic carbocycles. The zero-order valence-corrected chi connectivity index (χ0v) is 7.16. The van der Waals surface area contributed by atoms with E-state index < -0.39 is 5.95 Å². The Kier molecular flexibility index (Phi) is 2.52. The maximum atomic E-state index is 12.7. The Hall–Kier alpha value is -1.00. The maximum absolute atomic E-state index is 12.7. The van der Waals surface area contributed by atoms with Crippen molar-refractivity contribution in [1.29, 1.82) is 0 Å². The smallest absolute Gasteiger partial charge is 0.213 e. The lowest BCUT2D eigenvalue weighted by Crippen LogP contribution is -2.34. The van der Waals surface area contributed by atoms with Gasteiger partial charge in [0, 0.05) is 12.7 Å². The Balaban J connectivity index is 2.14. The average molecular weight is 182 g/mol. The van der Waals surface area contributed by atoms with E-state index in [1.807, 2.05) is 0 Å². The average Bonchev–Trinajstić information content (AvgIpc) is 2.19. The van der Waals surface area contributed by atoms with Crippen LogP contribution in [0.4, 0.5) is 4.39 Å². The van der Waals surface area contributed by atoms with Crippen molar-refractivity contribution in [3.63, 3.8) is 0 Å². The number of pyridine rings is 1. The Morgan fingerprint density at radius 2 is 2.54 bits per heavy atom. The van der Waals surface area contributed by atoms with Crippen LogP contribution in [0, 0.1) is 5.95 Å². The van der Waals surface area contributed by atoms with E-state index >= 15 is 0 Å². The Bertz CT molecular complexity index is 287. The van der Waals surface area contributed by atoms with Gasteiger partial charge in [0.2, 0.25) is 5.95 Å². The van der Waals surface area contributed by atoms with Crippen LogP contribution < -0.4 is 5.32 Å². The minimum absolute atomic E-state index is 0.103. The molecule has 1 atom stereocenters. The number of nitrogens with zero attached hydrogens (tertiary/aromatic N) is 1. The van der Waals surface area contributed by atoms with E-state index in [0.717, 1.165) is 18.7 Å². The predicted octanol–water partition coefficient (Wildman–Crippen LogP) is 0.882. The summed E-state index contributed by atoms with van der Waals surface area (Å²) in [6.45, 7) is 2.14. The molecule has 1 fully saturated rings. The molecule has 1 unspecified atom stereocenters. The second-order valence-electron chi connectivity index (χ2n) is 2.99. The van der Waals surface area contributed by atoms with Crippen molar-refractivity contribution in [1.82, 2.24) is 10.3 Å². The van der Waals surface area contributed by atoms with Crippen LogP contribution in [0.1, 0.15) is 11.6 Å².